The van der Waals surface area contributed by atoms with Crippen LogP contribution in [0.1, 0.15) is 30.8 Å². The van der Waals surface area contributed by atoms with Crippen LogP contribution in [0, 0.1) is 0 Å². The second kappa shape index (κ2) is 4.85. The van der Waals surface area contributed by atoms with Crippen molar-refractivity contribution < 1.29 is 5.11 Å². The molecule has 0 bridgehead atoms. The van der Waals surface area contributed by atoms with Gasteiger partial charge in [0.05, 0.1) is 11.4 Å². The molecule has 0 fully saturated rings. The van der Waals surface area contributed by atoms with Crippen LogP contribution in [0.2, 0.25) is 0 Å². The van der Waals surface area contributed by atoms with E-state index < -0.39 is 6.10 Å². The fraction of sp³-hybridized carbons (Fsp3) is 0.286. The molecule has 1 atom stereocenters. The highest BCUT2D eigenvalue weighted by Crippen LogP contribution is 2.21. The molecule has 1 N–H and O–H groups in total. The lowest BCUT2D eigenvalue weighted by Crippen LogP contribution is -2.10. The number of aromatic nitrogens is 4. The molecule has 0 saturated heterocycles. The molecule has 0 aliphatic carbocycles. The zero-order valence-corrected chi connectivity index (χ0v) is 10.8. The first-order valence-corrected chi connectivity index (χ1v) is 6.43. The average Bonchev–Trinajstić information content (AvgIpc) is 3.04. The summed E-state index contributed by atoms with van der Waals surface area (Å²) in [6.45, 7) is 2.88. The van der Waals surface area contributed by atoms with Gasteiger partial charge in [-0.05, 0) is 24.6 Å². The molecule has 98 valence electrons. The molecule has 0 amide bonds. The van der Waals surface area contributed by atoms with Gasteiger partial charge in [0.15, 0.2) is 0 Å². The van der Waals surface area contributed by atoms with E-state index in [1.54, 1.807) is 6.20 Å². The van der Waals surface area contributed by atoms with E-state index in [4.69, 9.17) is 0 Å². The fourth-order valence-corrected chi connectivity index (χ4v) is 2.21. The number of aliphatic hydroxyl groups is 1. The fourth-order valence-electron chi connectivity index (χ4n) is 2.21. The lowest BCUT2D eigenvalue weighted by molar-refractivity contribution is 0.203. The Morgan fingerprint density at radius 1 is 1.32 bits per heavy atom. The van der Waals surface area contributed by atoms with E-state index in [0.717, 1.165) is 24.3 Å². The van der Waals surface area contributed by atoms with Gasteiger partial charge in [0, 0.05) is 25.1 Å². The number of pyridine rings is 1. The van der Waals surface area contributed by atoms with Gasteiger partial charge in [-0.25, -0.2) is 4.98 Å². The first-order chi connectivity index (χ1) is 9.29. The van der Waals surface area contributed by atoms with Gasteiger partial charge in [0.2, 0.25) is 0 Å². The highest BCUT2D eigenvalue weighted by Gasteiger charge is 2.18. The Hall–Kier alpha value is -2.14. The molecule has 3 rings (SSSR count). The van der Waals surface area contributed by atoms with E-state index in [9.17, 15) is 5.11 Å². The van der Waals surface area contributed by atoms with E-state index in [-0.39, 0.29) is 0 Å². The van der Waals surface area contributed by atoms with E-state index in [0.29, 0.717) is 5.69 Å². The number of hydrogen-bond acceptors (Lipinski definition) is 3. The molecule has 0 saturated carbocycles. The topological polar surface area (TPSA) is 55.3 Å². The molecule has 19 heavy (non-hydrogen) atoms. The largest absolute Gasteiger partial charge is 0.380 e. The molecular formula is C14H16N4O. The summed E-state index contributed by atoms with van der Waals surface area (Å²) >= 11 is 0. The summed E-state index contributed by atoms with van der Waals surface area (Å²) in [6, 6.07) is 7.62. The van der Waals surface area contributed by atoms with Crippen LogP contribution in [-0.2, 0) is 6.54 Å². The van der Waals surface area contributed by atoms with Gasteiger partial charge in [-0.3, -0.25) is 4.68 Å². The van der Waals surface area contributed by atoms with Gasteiger partial charge in [0.25, 0.3) is 0 Å². The van der Waals surface area contributed by atoms with Crippen molar-refractivity contribution in [1.29, 1.82) is 0 Å². The molecule has 0 spiro atoms. The van der Waals surface area contributed by atoms with Crippen LogP contribution >= 0.6 is 0 Å². The zero-order chi connectivity index (χ0) is 13.2. The summed E-state index contributed by atoms with van der Waals surface area (Å²) in [5.41, 5.74) is 2.26. The van der Waals surface area contributed by atoms with Crippen molar-refractivity contribution >= 4 is 5.65 Å². The van der Waals surface area contributed by atoms with Crippen molar-refractivity contribution in [3.8, 4) is 0 Å². The van der Waals surface area contributed by atoms with Crippen molar-refractivity contribution in [2.75, 3.05) is 0 Å². The Morgan fingerprint density at radius 3 is 3.00 bits per heavy atom. The minimum atomic E-state index is -0.742. The van der Waals surface area contributed by atoms with Crippen molar-refractivity contribution in [3.63, 3.8) is 0 Å². The van der Waals surface area contributed by atoms with Crippen LogP contribution in [0.3, 0.4) is 0 Å². The van der Waals surface area contributed by atoms with Gasteiger partial charge in [-0.1, -0.05) is 13.0 Å². The van der Waals surface area contributed by atoms with Gasteiger partial charge < -0.3 is 9.51 Å². The number of hydrogen-bond donors (Lipinski definition) is 1. The Bertz CT molecular complexity index is 652. The maximum Gasteiger partial charge on any atom is 0.139 e. The quantitative estimate of drug-likeness (QED) is 0.777. The van der Waals surface area contributed by atoms with E-state index in [2.05, 4.69) is 17.0 Å². The third-order valence-corrected chi connectivity index (χ3v) is 3.13. The van der Waals surface area contributed by atoms with Crippen LogP contribution in [0.4, 0.5) is 0 Å². The number of imidazole rings is 1. The van der Waals surface area contributed by atoms with Gasteiger partial charge in [0.1, 0.15) is 11.8 Å². The van der Waals surface area contributed by atoms with Crippen molar-refractivity contribution in [1.82, 2.24) is 19.2 Å². The average molecular weight is 256 g/mol. The molecule has 5 heteroatoms. The van der Waals surface area contributed by atoms with Crippen LogP contribution in [0.15, 0.2) is 42.9 Å². The molecular weight excluding hydrogens is 240 g/mol. The SMILES string of the molecule is CCCn1nccc1C(O)c1cn2ccccc2n1. The standard InChI is InChI=1S/C14H16N4O/c1-2-8-18-12(6-7-15-18)14(19)11-10-17-9-4-3-5-13(17)16-11/h3-7,9-10,14,19H,2,8H2,1H3. The van der Waals surface area contributed by atoms with E-state index >= 15 is 0 Å². The summed E-state index contributed by atoms with van der Waals surface area (Å²) in [5.74, 6) is 0. The molecule has 0 aliphatic rings. The summed E-state index contributed by atoms with van der Waals surface area (Å²) in [5, 5.41) is 14.7. The predicted molar refractivity (Wildman–Crippen MR) is 71.8 cm³/mol. The lowest BCUT2D eigenvalue weighted by atomic mass is 10.2. The summed E-state index contributed by atoms with van der Waals surface area (Å²) in [7, 11) is 0. The number of fused-ring (bicyclic) bond motifs is 1. The highest BCUT2D eigenvalue weighted by atomic mass is 16.3. The Morgan fingerprint density at radius 2 is 2.21 bits per heavy atom. The first-order valence-electron chi connectivity index (χ1n) is 6.43. The first kappa shape index (κ1) is 11.9. The van der Waals surface area contributed by atoms with Crippen molar-refractivity contribution in [2.45, 2.75) is 26.0 Å². The Kier molecular flexibility index (Phi) is 3.05. The van der Waals surface area contributed by atoms with Gasteiger partial charge in [-0.15, -0.1) is 0 Å². The molecule has 3 aromatic rings. The Labute approximate surface area is 111 Å². The monoisotopic (exact) mass is 256 g/mol. The molecule has 1 unspecified atom stereocenters. The lowest BCUT2D eigenvalue weighted by Gasteiger charge is -2.10. The smallest absolute Gasteiger partial charge is 0.139 e. The number of nitrogens with zero attached hydrogens (tertiary/aromatic N) is 4. The number of aryl methyl sites for hydroxylation is 1. The van der Waals surface area contributed by atoms with Crippen LogP contribution in [0.25, 0.3) is 5.65 Å². The summed E-state index contributed by atoms with van der Waals surface area (Å²) in [6.07, 6.45) is 5.72. The highest BCUT2D eigenvalue weighted by molar-refractivity contribution is 5.40. The normalized spacial score (nSPS) is 12.9. The molecule has 0 radical (unpaired) electrons. The molecule has 0 aliphatic heterocycles. The maximum absolute atomic E-state index is 10.5. The number of rotatable bonds is 4. The minimum Gasteiger partial charge on any atom is -0.380 e. The molecule has 3 aromatic heterocycles. The second-order valence-corrected chi connectivity index (χ2v) is 4.51. The molecule has 0 aromatic carbocycles. The zero-order valence-electron chi connectivity index (χ0n) is 10.8. The third kappa shape index (κ3) is 2.13. The van der Waals surface area contributed by atoms with E-state index in [1.807, 2.05) is 45.7 Å². The van der Waals surface area contributed by atoms with E-state index in [1.165, 1.54) is 0 Å². The number of aliphatic hydroxyl groups excluding tert-OH is 1. The summed E-state index contributed by atoms with van der Waals surface area (Å²) < 4.78 is 3.73. The Balaban J connectivity index is 1.98. The van der Waals surface area contributed by atoms with Crippen LogP contribution < -0.4 is 0 Å². The van der Waals surface area contributed by atoms with Gasteiger partial charge in [-0.2, -0.15) is 5.10 Å². The summed E-state index contributed by atoms with van der Waals surface area (Å²) in [4.78, 5) is 4.44. The molecule has 5 nitrogen and oxygen atoms in total. The maximum atomic E-state index is 10.5. The van der Waals surface area contributed by atoms with Crippen molar-refractivity contribution in [3.05, 3.63) is 54.2 Å². The van der Waals surface area contributed by atoms with Crippen LogP contribution in [-0.4, -0.2) is 24.3 Å². The predicted octanol–water partition coefficient (Wildman–Crippen LogP) is 2.02. The second-order valence-electron chi connectivity index (χ2n) is 4.51. The third-order valence-electron chi connectivity index (χ3n) is 3.13. The van der Waals surface area contributed by atoms with Crippen LogP contribution in [0.5, 0.6) is 0 Å². The van der Waals surface area contributed by atoms with Gasteiger partial charge >= 0.3 is 0 Å². The minimum absolute atomic E-state index is 0.643. The van der Waals surface area contributed by atoms with Crippen molar-refractivity contribution in [2.24, 2.45) is 0 Å². The molecule has 3 heterocycles.